The summed E-state index contributed by atoms with van der Waals surface area (Å²) in [5.74, 6) is -0.712. The molecule has 28 heavy (non-hydrogen) atoms. The minimum absolute atomic E-state index is 0.0892. The molecule has 3 rings (SSSR count). The molecule has 2 unspecified atom stereocenters. The minimum Gasteiger partial charge on any atom is -0.444 e. The van der Waals surface area contributed by atoms with Gasteiger partial charge in [-0.25, -0.2) is 4.79 Å². The van der Waals surface area contributed by atoms with Crippen LogP contribution in [0.1, 0.15) is 62.1 Å². The number of hydrogen-bond donors (Lipinski definition) is 0. The Morgan fingerprint density at radius 3 is 2.36 bits per heavy atom. The van der Waals surface area contributed by atoms with Gasteiger partial charge in [-0.2, -0.15) is 13.2 Å². The third kappa shape index (κ3) is 3.44. The van der Waals surface area contributed by atoms with E-state index in [2.05, 4.69) is 0 Å². The Hall–Kier alpha value is -2.25. The Balaban J connectivity index is 2.07. The molecular formula is C20H25F3N2O3. The molecule has 1 fully saturated rings. The number of hydrogen-bond acceptors (Lipinski definition) is 3. The lowest BCUT2D eigenvalue weighted by Gasteiger charge is -2.46. The van der Waals surface area contributed by atoms with Gasteiger partial charge in [0.2, 0.25) is 0 Å². The van der Waals surface area contributed by atoms with Crippen molar-refractivity contribution in [2.24, 2.45) is 5.92 Å². The Kier molecular flexibility index (Phi) is 4.88. The lowest BCUT2D eigenvalue weighted by molar-refractivity contribution is -0.137. The molecule has 0 bridgehead atoms. The zero-order valence-corrected chi connectivity index (χ0v) is 16.6. The van der Waals surface area contributed by atoms with Gasteiger partial charge in [0.1, 0.15) is 5.60 Å². The fourth-order valence-corrected chi connectivity index (χ4v) is 4.13. The van der Waals surface area contributed by atoms with Crippen molar-refractivity contribution in [3.63, 3.8) is 0 Å². The van der Waals surface area contributed by atoms with Gasteiger partial charge in [-0.05, 0) is 38.3 Å². The van der Waals surface area contributed by atoms with Crippen LogP contribution >= 0.6 is 0 Å². The first-order chi connectivity index (χ1) is 12.8. The molecule has 0 N–H and O–H groups in total. The molecule has 0 radical (unpaired) electrons. The van der Waals surface area contributed by atoms with Crippen LogP contribution in [0.15, 0.2) is 18.2 Å². The van der Waals surface area contributed by atoms with Crippen molar-refractivity contribution in [2.45, 2.75) is 58.5 Å². The molecule has 2 aliphatic heterocycles. The molecule has 1 aromatic rings. The van der Waals surface area contributed by atoms with Gasteiger partial charge in [0, 0.05) is 13.1 Å². The topological polar surface area (TPSA) is 49.9 Å². The van der Waals surface area contributed by atoms with Crippen LogP contribution in [0.4, 0.5) is 18.0 Å². The van der Waals surface area contributed by atoms with Gasteiger partial charge in [-0.1, -0.05) is 26.0 Å². The van der Waals surface area contributed by atoms with E-state index in [0.29, 0.717) is 5.56 Å². The molecule has 2 atom stereocenters. The number of carbonyl (C=O) groups excluding carboxylic acids is 2. The Morgan fingerprint density at radius 2 is 1.82 bits per heavy atom. The molecule has 1 aromatic carbocycles. The van der Waals surface area contributed by atoms with E-state index in [-0.39, 0.29) is 24.6 Å². The van der Waals surface area contributed by atoms with Crippen LogP contribution < -0.4 is 0 Å². The fourth-order valence-electron chi connectivity index (χ4n) is 4.13. The van der Waals surface area contributed by atoms with E-state index in [4.69, 9.17) is 4.74 Å². The molecule has 0 saturated carbocycles. The molecule has 2 amide bonds. The summed E-state index contributed by atoms with van der Waals surface area (Å²) in [7, 11) is 0. The van der Waals surface area contributed by atoms with E-state index < -0.39 is 41.4 Å². The van der Waals surface area contributed by atoms with Gasteiger partial charge < -0.3 is 14.5 Å². The maximum Gasteiger partial charge on any atom is 0.417 e. The first-order valence-electron chi connectivity index (χ1n) is 9.33. The monoisotopic (exact) mass is 398 g/mol. The van der Waals surface area contributed by atoms with E-state index >= 15 is 0 Å². The number of ether oxygens (including phenoxy) is 1. The molecule has 1 saturated heterocycles. The van der Waals surface area contributed by atoms with Gasteiger partial charge in [-0.3, -0.25) is 4.79 Å². The van der Waals surface area contributed by atoms with Crippen molar-refractivity contribution in [1.82, 2.24) is 9.80 Å². The number of amides is 2. The summed E-state index contributed by atoms with van der Waals surface area (Å²) in [5, 5.41) is 0. The average Bonchev–Trinajstić information content (AvgIpc) is 2.84. The van der Waals surface area contributed by atoms with Crippen molar-refractivity contribution >= 4 is 12.0 Å². The third-order valence-electron chi connectivity index (χ3n) is 5.11. The average molecular weight is 398 g/mol. The molecule has 8 heteroatoms. The van der Waals surface area contributed by atoms with Crippen LogP contribution in [0.5, 0.6) is 0 Å². The summed E-state index contributed by atoms with van der Waals surface area (Å²) in [4.78, 5) is 28.6. The normalized spacial score (nSPS) is 22.4. The highest BCUT2D eigenvalue weighted by atomic mass is 19.4. The summed E-state index contributed by atoms with van der Waals surface area (Å²) in [6, 6.07) is 2.72. The lowest BCUT2D eigenvalue weighted by Crippen LogP contribution is -2.58. The highest BCUT2D eigenvalue weighted by Gasteiger charge is 2.52. The number of halogens is 3. The van der Waals surface area contributed by atoms with E-state index in [1.54, 1.807) is 31.7 Å². The predicted molar refractivity (Wildman–Crippen MR) is 96.8 cm³/mol. The molecule has 0 spiro atoms. The zero-order chi connectivity index (χ0) is 21.0. The molecule has 154 valence electrons. The van der Waals surface area contributed by atoms with E-state index in [1.807, 2.05) is 13.8 Å². The number of carbonyl (C=O) groups is 2. The second-order valence-corrected chi connectivity index (χ2v) is 8.62. The highest BCUT2D eigenvalue weighted by Crippen LogP contribution is 2.46. The third-order valence-corrected chi connectivity index (χ3v) is 5.11. The molecule has 0 aromatic heterocycles. The summed E-state index contributed by atoms with van der Waals surface area (Å²) in [5.41, 5.74) is -1.58. The summed E-state index contributed by atoms with van der Waals surface area (Å²) < 4.78 is 46.0. The number of piperazine rings is 1. The van der Waals surface area contributed by atoms with Crippen LogP contribution in [0.25, 0.3) is 0 Å². The Morgan fingerprint density at radius 1 is 1.18 bits per heavy atom. The summed E-state index contributed by atoms with van der Waals surface area (Å²) in [6.45, 7) is 9.44. The van der Waals surface area contributed by atoms with Crippen LogP contribution in [0, 0.1) is 5.92 Å². The van der Waals surface area contributed by atoms with Crippen molar-refractivity contribution in [2.75, 3.05) is 13.1 Å². The van der Waals surface area contributed by atoms with Gasteiger partial charge in [0.15, 0.2) is 0 Å². The predicted octanol–water partition coefficient (Wildman–Crippen LogP) is 4.48. The van der Waals surface area contributed by atoms with Crippen LogP contribution in [-0.4, -0.2) is 46.5 Å². The summed E-state index contributed by atoms with van der Waals surface area (Å²) >= 11 is 0. The number of fused-ring (bicyclic) bond motifs is 3. The summed E-state index contributed by atoms with van der Waals surface area (Å²) in [6.07, 6.45) is -5.13. The second-order valence-electron chi connectivity index (χ2n) is 8.62. The zero-order valence-electron chi connectivity index (χ0n) is 16.6. The molecular weight excluding hydrogens is 373 g/mol. The van der Waals surface area contributed by atoms with Crippen molar-refractivity contribution < 1.29 is 27.5 Å². The SMILES string of the molecule is CC(C)C1C2c3cccc(C(F)(F)F)c3C(=O)N2CCN1C(=O)OC(C)(C)C. The first kappa shape index (κ1) is 20.5. The second kappa shape index (κ2) is 6.67. The van der Waals surface area contributed by atoms with Crippen molar-refractivity contribution in [1.29, 1.82) is 0 Å². The standard InChI is InChI=1S/C20H25F3N2O3/c1-11(2)15-16-12-7-6-8-13(20(21,22)23)14(12)17(26)24(16)9-10-25(15)18(27)28-19(3,4)5/h6-8,11,15-16H,9-10H2,1-5H3. The minimum atomic E-state index is -4.62. The van der Waals surface area contributed by atoms with Gasteiger partial charge in [-0.15, -0.1) is 0 Å². The molecule has 5 nitrogen and oxygen atoms in total. The maximum absolute atomic E-state index is 13.5. The molecule has 2 heterocycles. The fraction of sp³-hybridized carbons (Fsp3) is 0.600. The Labute approximate surface area is 162 Å². The highest BCUT2D eigenvalue weighted by molar-refractivity contribution is 6.01. The molecule has 2 aliphatic rings. The van der Waals surface area contributed by atoms with Gasteiger partial charge in [0.25, 0.3) is 5.91 Å². The number of alkyl halides is 3. The van der Waals surface area contributed by atoms with E-state index in [9.17, 15) is 22.8 Å². The number of nitrogens with zero attached hydrogens (tertiary/aromatic N) is 2. The van der Waals surface area contributed by atoms with E-state index in [0.717, 1.165) is 6.07 Å². The van der Waals surface area contributed by atoms with Gasteiger partial charge >= 0.3 is 12.3 Å². The number of benzene rings is 1. The smallest absolute Gasteiger partial charge is 0.417 e. The Bertz CT molecular complexity index is 799. The van der Waals surface area contributed by atoms with Crippen LogP contribution in [0.2, 0.25) is 0 Å². The van der Waals surface area contributed by atoms with Crippen molar-refractivity contribution in [3.8, 4) is 0 Å². The largest absolute Gasteiger partial charge is 0.444 e. The quantitative estimate of drug-likeness (QED) is 0.701. The first-order valence-corrected chi connectivity index (χ1v) is 9.33. The van der Waals surface area contributed by atoms with Crippen molar-refractivity contribution in [3.05, 3.63) is 34.9 Å². The maximum atomic E-state index is 13.5. The van der Waals surface area contributed by atoms with Crippen LogP contribution in [0.3, 0.4) is 0 Å². The van der Waals surface area contributed by atoms with E-state index in [1.165, 1.54) is 11.0 Å². The molecule has 0 aliphatic carbocycles. The number of rotatable bonds is 1. The lowest BCUT2D eigenvalue weighted by atomic mass is 9.87. The van der Waals surface area contributed by atoms with Crippen LogP contribution in [-0.2, 0) is 10.9 Å². The van der Waals surface area contributed by atoms with Gasteiger partial charge in [0.05, 0.1) is 23.2 Å².